The van der Waals surface area contributed by atoms with Crippen molar-refractivity contribution < 1.29 is 9.59 Å². The van der Waals surface area contributed by atoms with Gasteiger partial charge in [0.1, 0.15) is 5.15 Å². The molecule has 0 bridgehead atoms. The topological polar surface area (TPSA) is 76.0 Å². The van der Waals surface area contributed by atoms with Crippen LogP contribution in [0.3, 0.4) is 0 Å². The van der Waals surface area contributed by atoms with Crippen molar-refractivity contribution in [3.63, 3.8) is 0 Å². The van der Waals surface area contributed by atoms with Crippen LogP contribution in [-0.2, 0) is 11.3 Å². The largest absolute Gasteiger partial charge is 0.269 e. The van der Waals surface area contributed by atoms with Crippen LogP contribution in [0.25, 0.3) is 6.08 Å². The van der Waals surface area contributed by atoms with Crippen LogP contribution >= 0.6 is 23.2 Å². The normalized spacial score (nSPS) is 11.2. The smallest absolute Gasteiger partial charge is 0.268 e. The molecule has 2 amide bonds. The molecule has 0 atom stereocenters. The van der Waals surface area contributed by atoms with Crippen LogP contribution in [0, 0.1) is 12.8 Å². The Kier molecular flexibility index (Phi) is 6.83. The highest BCUT2D eigenvalue weighted by molar-refractivity contribution is 6.31. The van der Waals surface area contributed by atoms with E-state index in [1.54, 1.807) is 29.0 Å². The van der Waals surface area contributed by atoms with Gasteiger partial charge in [0.2, 0.25) is 0 Å². The van der Waals surface area contributed by atoms with Crippen LogP contribution in [0.5, 0.6) is 0 Å². The zero-order chi connectivity index (χ0) is 19.3. The van der Waals surface area contributed by atoms with E-state index < -0.39 is 11.8 Å². The van der Waals surface area contributed by atoms with Crippen molar-refractivity contribution in [2.24, 2.45) is 5.92 Å². The lowest BCUT2D eigenvalue weighted by Gasteiger charge is -2.06. The van der Waals surface area contributed by atoms with Gasteiger partial charge in [0, 0.05) is 28.8 Å². The first kappa shape index (κ1) is 20.0. The van der Waals surface area contributed by atoms with E-state index in [1.165, 1.54) is 12.1 Å². The van der Waals surface area contributed by atoms with Crippen LogP contribution in [-0.4, -0.2) is 21.6 Å². The molecule has 2 N–H and O–H groups in total. The molecule has 0 aliphatic carbocycles. The Hall–Kier alpha value is -2.31. The predicted molar refractivity (Wildman–Crippen MR) is 103 cm³/mol. The molecule has 138 valence electrons. The number of hydrogen-bond donors (Lipinski definition) is 2. The minimum Gasteiger partial charge on any atom is -0.268 e. The number of nitrogens with one attached hydrogen (secondary N) is 2. The molecular formula is C18H20Cl2N4O2. The summed E-state index contributed by atoms with van der Waals surface area (Å²) in [6.07, 6.45) is 2.86. The van der Waals surface area contributed by atoms with Crippen molar-refractivity contribution in [3.05, 3.63) is 57.3 Å². The van der Waals surface area contributed by atoms with Gasteiger partial charge in [-0.15, -0.1) is 0 Å². The maximum absolute atomic E-state index is 11.9. The summed E-state index contributed by atoms with van der Waals surface area (Å²) in [5.74, 6) is -0.561. The molecule has 2 aromatic rings. The average molecular weight is 395 g/mol. The highest BCUT2D eigenvalue weighted by Gasteiger charge is 2.12. The average Bonchev–Trinajstić information content (AvgIpc) is 2.83. The minimum atomic E-state index is -0.493. The van der Waals surface area contributed by atoms with Crippen molar-refractivity contribution >= 4 is 41.1 Å². The quantitative estimate of drug-likeness (QED) is 0.600. The molecule has 1 heterocycles. The number of rotatable bonds is 5. The minimum absolute atomic E-state index is 0.343. The molecule has 0 radical (unpaired) electrons. The highest BCUT2D eigenvalue weighted by Crippen LogP contribution is 2.22. The summed E-state index contributed by atoms with van der Waals surface area (Å²) in [7, 11) is 0. The lowest BCUT2D eigenvalue weighted by Crippen LogP contribution is -2.40. The molecule has 0 spiro atoms. The van der Waals surface area contributed by atoms with Crippen LogP contribution in [0.15, 0.2) is 30.3 Å². The fourth-order valence-electron chi connectivity index (χ4n) is 2.24. The van der Waals surface area contributed by atoms with Crippen LogP contribution in [0.1, 0.15) is 35.5 Å². The fourth-order valence-corrected chi connectivity index (χ4v) is 2.74. The second kappa shape index (κ2) is 8.87. The summed E-state index contributed by atoms with van der Waals surface area (Å²) in [4.78, 5) is 23.9. The summed E-state index contributed by atoms with van der Waals surface area (Å²) in [6.45, 7) is 6.65. The molecule has 0 aliphatic heterocycles. The summed E-state index contributed by atoms with van der Waals surface area (Å²) in [5.41, 5.74) is 6.37. The number of amides is 2. The number of benzene rings is 1. The number of carbonyl (C=O) groups is 2. The standard InChI is InChI=1S/C18H20Cl2N4O2/c1-11(2)10-24-17(20)15(12(3)23-24)7-8-16(25)21-22-18(26)13-5-4-6-14(19)9-13/h4-9,11H,10H2,1-3H3,(H,21,25)(H,22,26)/b8-7+. The van der Waals surface area contributed by atoms with E-state index in [0.29, 0.717) is 33.8 Å². The Balaban J connectivity index is 1.97. The van der Waals surface area contributed by atoms with Gasteiger partial charge in [-0.2, -0.15) is 5.10 Å². The van der Waals surface area contributed by atoms with E-state index in [9.17, 15) is 9.59 Å². The van der Waals surface area contributed by atoms with Crippen molar-refractivity contribution in [1.82, 2.24) is 20.6 Å². The van der Waals surface area contributed by atoms with E-state index in [4.69, 9.17) is 23.2 Å². The molecule has 0 saturated carbocycles. The van der Waals surface area contributed by atoms with Gasteiger partial charge in [-0.05, 0) is 37.1 Å². The van der Waals surface area contributed by atoms with Crippen LogP contribution in [0.2, 0.25) is 10.2 Å². The molecule has 0 fully saturated rings. The third-order valence-corrected chi connectivity index (χ3v) is 4.07. The lowest BCUT2D eigenvalue weighted by molar-refractivity contribution is -0.117. The molecule has 1 aromatic heterocycles. The first-order valence-electron chi connectivity index (χ1n) is 8.04. The Morgan fingerprint density at radius 2 is 2.00 bits per heavy atom. The summed E-state index contributed by atoms with van der Waals surface area (Å²) >= 11 is 12.1. The van der Waals surface area contributed by atoms with E-state index in [0.717, 1.165) is 5.69 Å². The summed E-state index contributed by atoms with van der Waals surface area (Å²) in [6, 6.07) is 6.41. The molecule has 0 unspecified atom stereocenters. The molecule has 0 aliphatic rings. The number of aromatic nitrogens is 2. The maximum Gasteiger partial charge on any atom is 0.269 e. The molecule has 2 rings (SSSR count). The third kappa shape index (κ3) is 5.34. The molecular weight excluding hydrogens is 375 g/mol. The van der Waals surface area contributed by atoms with Crippen molar-refractivity contribution in [2.75, 3.05) is 0 Å². The van der Waals surface area contributed by atoms with E-state index in [1.807, 2.05) is 6.92 Å². The summed E-state index contributed by atoms with van der Waals surface area (Å²) in [5, 5.41) is 5.28. The first-order chi connectivity index (χ1) is 12.3. The number of hydrogen-bond acceptors (Lipinski definition) is 3. The van der Waals surface area contributed by atoms with Gasteiger partial charge < -0.3 is 0 Å². The molecule has 6 nitrogen and oxygen atoms in total. The SMILES string of the molecule is Cc1nn(CC(C)C)c(Cl)c1/C=C/C(=O)NNC(=O)c1cccc(Cl)c1. The van der Waals surface area contributed by atoms with Gasteiger partial charge in [-0.25, -0.2) is 0 Å². The zero-order valence-corrected chi connectivity index (χ0v) is 16.2. The number of carbonyl (C=O) groups excluding carboxylic acids is 2. The van der Waals surface area contributed by atoms with Crippen molar-refractivity contribution in [2.45, 2.75) is 27.3 Å². The van der Waals surface area contributed by atoms with Crippen LogP contribution in [0.4, 0.5) is 0 Å². The van der Waals surface area contributed by atoms with E-state index in [2.05, 4.69) is 29.8 Å². The predicted octanol–water partition coefficient (Wildman–Crippen LogP) is 3.63. The Labute approximate surface area is 162 Å². The number of aryl methyl sites for hydroxylation is 1. The fraction of sp³-hybridized carbons (Fsp3) is 0.278. The zero-order valence-electron chi connectivity index (χ0n) is 14.7. The first-order valence-corrected chi connectivity index (χ1v) is 8.80. The van der Waals surface area contributed by atoms with Gasteiger partial charge in [0.15, 0.2) is 0 Å². The molecule has 8 heteroatoms. The monoisotopic (exact) mass is 394 g/mol. The van der Waals surface area contributed by atoms with Gasteiger partial charge in [0.05, 0.1) is 5.69 Å². The van der Waals surface area contributed by atoms with Crippen molar-refractivity contribution in [1.29, 1.82) is 0 Å². The Morgan fingerprint density at radius 1 is 1.27 bits per heavy atom. The Morgan fingerprint density at radius 3 is 2.65 bits per heavy atom. The van der Waals surface area contributed by atoms with Crippen LogP contribution < -0.4 is 10.9 Å². The summed E-state index contributed by atoms with van der Waals surface area (Å²) < 4.78 is 1.71. The van der Waals surface area contributed by atoms with Gasteiger partial charge in [0.25, 0.3) is 11.8 Å². The number of nitrogens with zero attached hydrogens (tertiary/aromatic N) is 2. The molecule has 26 heavy (non-hydrogen) atoms. The number of halogens is 2. The lowest BCUT2D eigenvalue weighted by atomic mass is 10.2. The maximum atomic E-state index is 11.9. The van der Waals surface area contributed by atoms with Gasteiger partial charge >= 0.3 is 0 Å². The number of hydrazine groups is 1. The van der Waals surface area contributed by atoms with Gasteiger partial charge in [-0.1, -0.05) is 43.1 Å². The molecule has 0 saturated heterocycles. The second-order valence-corrected chi connectivity index (χ2v) is 6.95. The third-order valence-electron chi connectivity index (χ3n) is 3.43. The van der Waals surface area contributed by atoms with E-state index >= 15 is 0 Å². The van der Waals surface area contributed by atoms with E-state index in [-0.39, 0.29) is 0 Å². The Bertz CT molecular complexity index is 844. The second-order valence-electron chi connectivity index (χ2n) is 6.15. The molecule has 1 aromatic carbocycles. The van der Waals surface area contributed by atoms with Gasteiger partial charge in [-0.3, -0.25) is 25.1 Å². The van der Waals surface area contributed by atoms with Crippen molar-refractivity contribution in [3.8, 4) is 0 Å². The highest BCUT2D eigenvalue weighted by atomic mass is 35.5.